The third kappa shape index (κ3) is 3.67. The van der Waals surface area contributed by atoms with Gasteiger partial charge >= 0.3 is 5.97 Å². The highest BCUT2D eigenvalue weighted by Crippen LogP contribution is 2.56. The van der Waals surface area contributed by atoms with E-state index in [0.717, 1.165) is 57.0 Å². The Bertz CT molecular complexity index is 817. The summed E-state index contributed by atoms with van der Waals surface area (Å²) in [6.07, 6.45) is 5.91. The van der Waals surface area contributed by atoms with Gasteiger partial charge in [-0.25, -0.2) is 0 Å². The summed E-state index contributed by atoms with van der Waals surface area (Å²) in [7, 11) is 0. The minimum absolute atomic E-state index is 0.0606. The number of benzene rings is 1. The minimum atomic E-state index is 0.0606. The van der Waals surface area contributed by atoms with Crippen molar-refractivity contribution in [1.29, 1.82) is 0 Å². The van der Waals surface area contributed by atoms with Gasteiger partial charge in [-0.3, -0.25) is 4.79 Å². The Labute approximate surface area is 185 Å². The largest absolute Gasteiger partial charge is 0.462 e. The summed E-state index contributed by atoms with van der Waals surface area (Å²) in [4.78, 5) is 16.8. The number of fused-ring (bicyclic) bond motifs is 2. The monoisotopic (exact) mass is 429 g/mol. The number of esters is 1. The fourth-order valence-corrected chi connectivity index (χ4v) is 6.86. The molecule has 162 valence electrons. The third-order valence-corrected chi connectivity index (χ3v) is 8.74. The van der Waals surface area contributed by atoms with Crippen LogP contribution in [0.3, 0.4) is 0 Å². The predicted molar refractivity (Wildman–Crippen MR) is 120 cm³/mol. The fraction of sp³-hybridized carbons (Fsp3) is 0.640. The maximum atomic E-state index is 12.8. The van der Waals surface area contributed by atoms with Crippen LogP contribution in [0.2, 0.25) is 5.02 Å². The summed E-state index contributed by atoms with van der Waals surface area (Å²) >= 11 is 6.03. The second-order valence-corrected chi connectivity index (χ2v) is 10.8. The Kier molecular flexibility index (Phi) is 5.35. The van der Waals surface area contributed by atoms with Crippen LogP contribution in [-0.2, 0) is 9.53 Å². The molecule has 0 spiro atoms. The molecule has 2 saturated carbocycles. The molecule has 4 fully saturated rings. The minimum Gasteiger partial charge on any atom is -0.462 e. The first-order valence-electron chi connectivity index (χ1n) is 11.7. The lowest BCUT2D eigenvalue weighted by molar-refractivity contribution is -0.903. The lowest BCUT2D eigenvalue weighted by Gasteiger charge is -2.50. The summed E-state index contributed by atoms with van der Waals surface area (Å²) in [6.45, 7) is 11.9. The lowest BCUT2D eigenvalue weighted by atomic mass is 9.55. The van der Waals surface area contributed by atoms with Gasteiger partial charge in [0, 0.05) is 16.6 Å². The average Bonchev–Trinajstić information content (AvgIpc) is 3.01. The van der Waals surface area contributed by atoms with Crippen LogP contribution in [0.25, 0.3) is 0 Å². The molecule has 4 nitrogen and oxygen atoms in total. The van der Waals surface area contributed by atoms with Gasteiger partial charge in [0.05, 0.1) is 32.7 Å². The van der Waals surface area contributed by atoms with E-state index in [4.69, 9.17) is 16.3 Å². The van der Waals surface area contributed by atoms with Crippen molar-refractivity contribution in [3.63, 3.8) is 0 Å². The average molecular weight is 430 g/mol. The Hall–Kier alpha value is -1.52. The van der Waals surface area contributed by atoms with Crippen LogP contribution in [0.15, 0.2) is 36.4 Å². The molecule has 0 aromatic heterocycles. The van der Waals surface area contributed by atoms with Gasteiger partial charge in [0.25, 0.3) is 0 Å². The topological polar surface area (TPSA) is 34.0 Å². The molecule has 2 saturated heterocycles. The second-order valence-electron chi connectivity index (χ2n) is 10.3. The number of piperazine rings is 1. The summed E-state index contributed by atoms with van der Waals surface area (Å²) in [5.41, 5.74) is 2.94. The van der Waals surface area contributed by atoms with Gasteiger partial charge in [0.1, 0.15) is 12.0 Å². The summed E-state index contributed by atoms with van der Waals surface area (Å²) in [5, 5.41) is 0.779. The number of carbonyl (C=O) groups is 1. The number of halogens is 1. The first-order valence-corrected chi connectivity index (χ1v) is 12.0. The molecule has 1 N–H and O–H groups in total. The highest BCUT2D eigenvalue weighted by Gasteiger charge is 2.56. The van der Waals surface area contributed by atoms with Crippen molar-refractivity contribution in [2.24, 2.45) is 23.2 Å². The van der Waals surface area contributed by atoms with Gasteiger partial charge < -0.3 is 14.5 Å². The number of nitrogens with zero attached hydrogens (tertiary/aromatic N) is 1. The molecule has 5 rings (SSSR count). The molecule has 0 unspecified atom stereocenters. The van der Waals surface area contributed by atoms with Crippen molar-refractivity contribution < 1.29 is 14.4 Å². The Balaban J connectivity index is 1.22. The maximum Gasteiger partial charge on any atom is 0.315 e. The first-order chi connectivity index (χ1) is 14.4. The van der Waals surface area contributed by atoms with Crippen LogP contribution in [0.5, 0.6) is 0 Å². The molecule has 0 amide bonds. The molecule has 5 atom stereocenters. The molecule has 0 bridgehead atoms. The van der Waals surface area contributed by atoms with Crippen LogP contribution in [0, 0.1) is 23.2 Å². The first kappa shape index (κ1) is 20.4. The molecule has 1 aromatic rings. The molecule has 2 aliphatic heterocycles. The highest BCUT2D eigenvalue weighted by molar-refractivity contribution is 6.30. The van der Waals surface area contributed by atoms with Gasteiger partial charge in [-0.2, -0.15) is 0 Å². The number of allylic oxidation sites excluding steroid dienone is 1. The zero-order valence-corrected chi connectivity index (χ0v) is 18.8. The smallest absolute Gasteiger partial charge is 0.315 e. The van der Waals surface area contributed by atoms with Gasteiger partial charge in [-0.15, -0.1) is 0 Å². The number of hydrogen-bond acceptors (Lipinski definition) is 3. The van der Waals surface area contributed by atoms with Crippen LogP contribution in [0.4, 0.5) is 5.69 Å². The van der Waals surface area contributed by atoms with Gasteiger partial charge in [-0.1, -0.05) is 30.7 Å². The normalized spacial score (nSPS) is 36.9. The van der Waals surface area contributed by atoms with E-state index in [9.17, 15) is 4.79 Å². The van der Waals surface area contributed by atoms with Crippen molar-refractivity contribution in [2.45, 2.75) is 45.1 Å². The van der Waals surface area contributed by atoms with Crippen LogP contribution in [0.1, 0.15) is 39.0 Å². The molecular weight excluding hydrogens is 396 g/mol. The number of carbonyl (C=O) groups excluding carboxylic acids is 1. The number of quaternary nitrogens is 1. The van der Waals surface area contributed by atoms with E-state index in [0.29, 0.717) is 11.8 Å². The van der Waals surface area contributed by atoms with Gasteiger partial charge in [0.2, 0.25) is 0 Å². The molecule has 0 radical (unpaired) electrons. The van der Waals surface area contributed by atoms with Crippen molar-refractivity contribution >= 4 is 23.3 Å². The zero-order chi connectivity index (χ0) is 20.9. The number of hydrogen-bond donors (Lipinski definition) is 1. The quantitative estimate of drug-likeness (QED) is 0.591. The molecule has 1 aromatic carbocycles. The highest BCUT2D eigenvalue weighted by atomic mass is 35.5. The number of rotatable bonds is 3. The van der Waals surface area contributed by atoms with Gasteiger partial charge in [0.15, 0.2) is 0 Å². The van der Waals surface area contributed by atoms with E-state index in [1.807, 2.05) is 12.1 Å². The van der Waals surface area contributed by atoms with Crippen LogP contribution >= 0.6 is 11.6 Å². The predicted octanol–water partition coefficient (Wildman–Crippen LogP) is 3.36. The van der Waals surface area contributed by atoms with E-state index >= 15 is 0 Å². The zero-order valence-electron chi connectivity index (χ0n) is 18.0. The van der Waals surface area contributed by atoms with Crippen LogP contribution in [-0.4, -0.2) is 44.8 Å². The lowest BCUT2D eigenvalue weighted by Crippen LogP contribution is -3.15. The van der Waals surface area contributed by atoms with Crippen molar-refractivity contribution in [3.05, 3.63) is 41.4 Å². The maximum absolute atomic E-state index is 12.8. The third-order valence-electron chi connectivity index (χ3n) is 8.49. The van der Waals surface area contributed by atoms with E-state index in [1.54, 1.807) is 4.90 Å². The Morgan fingerprint density at radius 3 is 2.73 bits per heavy atom. The number of nitrogens with one attached hydrogen (secondary N) is 1. The second kappa shape index (κ2) is 7.87. The Morgan fingerprint density at radius 1 is 1.27 bits per heavy atom. The van der Waals surface area contributed by atoms with E-state index in [1.165, 1.54) is 24.1 Å². The summed E-state index contributed by atoms with van der Waals surface area (Å²) < 4.78 is 5.97. The number of ether oxygens (including phenoxy) is 1. The van der Waals surface area contributed by atoms with Crippen molar-refractivity contribution in [3.8, 4) is 0 Å². The fourth-order valence-electron chi connectivity index (χ4n) is 6.74. The van der Waals surface area contributed by atoms with E-state index < -0.39 is 0 Å². The summed E-state index contributed by atoms with van der Waals surface area (Å²) in [6, 6.07) is 8.12. The number of anilines is 1. The molecule has 2 aliphatic carbocycles. The molecule has 30 heavy (non-hydrogen) atoms. The van der Waals surface area contributed by atoms with E-state index in [-0.39, 0.29) is 23.4 Å². The van der Waals surface area contributed by atoms with Crippen molar-refractivity contribution in [1.82, 2.24) is 0 Å². The van der Waals surface area contributed by atoms with E-state index in [2.05, 4.69) is 30.5 Å². The van der Waals surface area contributed by atoms with Crippen LogP contribution < -0.4 is 9.80 Å². The van der Waals surface area contributed by atoms with Crippen molar-refractivity contribution in [2.75, 3.05) is 37.6 Å². The molecule has 4 aliphatic rings. The van der Waals surface area contributed by atoms with Gasteiger partial charge in [-0.05, 0) is 67.7 Å². The summed E-state index contributed by atoms with van der Waals surface area (Å²) in [5.74, 6) is 1.07. The Morgan fingerprint density at radius 2 is 2.00 bits per heavy atom. The molecule has 2 heterocycles. The molecular formula is C25H34ClN2O2+. The molecule has 5 heteroatoms. The SMILES string of the molecule is C=C1CCC[C@]2(C)C[C@H]3OC(=O)[C@H](C[NH+]4CCN(c5ccc(Cl)cc5)CC4)[C@H]3C[C@H]12. The standard InChI is InChI=1S/C25H33ClN2O2/c1-17-4-3-9-25(2)15-23-20(14-22(17)25)21(24(29)30-23)16-27-10-12-28(13-11-27)19-7-5-18(26)6-8-19/h5-8,20-23H,1,3-4,9-16H2,2H3/p+1/t20-,21-,22-,23-,25-/m1/s1.